The maximum Gasteiger partial charge on any atom is 0.328 e. The number of imide groups is 3. The molecule has 3 saturated heterocycles. The number of nitrogens with zero attached hydrogens (tertiary/aromatic N) is 1. The molecule has 0 unspecified atom stereocenters. The van der Waals surface area contributed by atoms with E-state index in [0.29, 0.717) is 17.1 Å². The number of fused-ring (bicyclic) bond motifs is 2. The van der Waals surface area contributed by atoms with Gasteiger partial charge in [0.1, 0.15) is 0 Å². The molecular weight excluding hydrogens is 400 g/mol. The highest BCUT2D eigenvalue weighted by atomic mass is 35.5. The standard InChI is InChI=1S/C19H19ClN4O5/c1-8(2)7-11-12-13(19(23-11)16(27)21-18(29)22-17(19)28)15(26)24(14(12)25)10-5-3-9(20)4-6-10/h3-6,8,11-13,23H,7H2,1-2H3,(H2,21,22,27,28,29)/t11-,12+,13+/m0/s1. The summed E-state index contributed by atoms with van der Waals surface area (Å²) < 4.78 is 0. The van der Waals surface area contributed by atoms with E-state index in [0.717, 1.165) is 4.90 Å². The molecule has 29 heavy (non-hydrogen) atoms. The molecule has 3 heterocycles. The zero-order chi connectivity index (χ0) is 21.1. The van der Waals surface area contributed by atoms with E-state index in [9.17, 15) is 24.0 Å². The summed E-state index contributed by atoms with van der Waals surface area (Å²) in [6, 6.07) is 4.61. The van der Waals surface area contributed by atoms with E-state index < -0.39 is 53.1 Å². The SMILES string of the molecule is CC(C)C[C@@H]1NC2(C(=O)NC(=O)NC2=O)[C@H]2C(=O)N(c3ccc(Cl)cc3)C(=O)[C@H]12. The first kappa shape index (κ1) is 19.5. The van der Waals surface area contributed by atoms with Crippen LogP contribution in [0.5, 0.6) is 0 Å². The lowest BCUT2D eigenvalue weighted by Gasteiger charge is -2.34. The fourth-order valence-corrected chi connectivity index (χ4v) is 4.66. The van der Waals surface area contributed by atoms with Crippen molar-refractivity contribution < 1.29 is 24.0 Å². The van der Waals surface area contributed by atoms with Crippen molar-refractivity contribution in [1.29, 1.82) is 0 Å². The van der Waals surface area contributed by atoms with Gasteiger partial charge in [-0.1, -0.05) is 25.4 Å². The second kappa shape index (κ2) is 6.64. The maximum atomic E-state index is 13.3. The summed E-state index contributed by atoms with van der Waals surface area (Å²) in [5.74, 6) is -5.05. The van der Waals surface area contributed by atoms with Crippen molar-refractivity contribution in [3.8, 4) is 0 Å². The average molecular weight is 419 g/mol. The third-order valence-electron chi connectivity index (χ3n) is 5.64. The van der Waals surface area contributed by atoms with Gasteiger partial charge in [0.2, 0.25) is 11.8 Å². The first-order valence-corrected chi connectivity index (χ1v) is 9.62. The van der Waals surface area contributed by atoms with Crippen molar-refractivity contribution in [2.75, 3.05) is 4.90 Å². The highest BCUT2D eigenvalue weighted by Gasteiger charge is 2.72. The number of hydrogen-bond acceptors (Lipinski definition) is 6. The summed E-state index contributed by atoms with van der Waals surface area (Å²) >= 11 is 5.90. The van der Waals surface area contributed by atoms with Crippen LogP contribution in [0.1, 0.15) is 20.3 Å². The number of urea groups is 1. The zero-order valence-corrected chi connectivity index (χ0v) is 16.4. The number of nitrogens with one attached hydrogen (secondary N) is 3. The Morgan fingerprint density at radius 3 is 2.14 bits per heavy atom. The molecule has 3 fully saturated rings. The van der Waals surface area contributed by atoms with Crippen LogP contribution in [0.2, 0.25) is 5.02 Å². The quantitative estimate of drug-likeness (QED) is 0.487. The molecular formula is C19H19ClN4O5. The summed E-state index contributed by atoms with van der Waals surface area (Å²) in [6.07, 6.45) is 0.463. The highest BCUT2D eigenvalue weighted by Crippen LogP contribution is 2.46. The number of hydrogen-bond donors (Lipinski definition) is 3. The summed E-state index contributed by atoms with van der Waals surface area (Å²) in [7, 11) is 0. The van der Waals surface area contributed by atoms with Crippen molar-refractivity contribution >= 4 is 46.9 Å². The van der Waals surface area contributed by atoms with Crippen molar-refractivity contribution in [2.24, 2.45) is 17.8 Å². The molecule has 3 atom stereocenters. The van der Waals surface area contributed by atoms with E-state index >= 15 is 0 Å². The molecule has 0 radical (unpaired) electrons. The molecule has 0 aromatic heterocycles. The van der Waals surface area contributed by atoms with E-state index in [1.807, 2.05) is 13.8 Å². The fraction of sp³-hybridized carbons (Fsp3) is 0.421. The molecule has 4 rings (SSSR count). The van der Waals surface area contributed by atoms with Gasteiger partial charge >= 0.3 is 6.03 Å². The number of barbiturate groups is 1. The number of halogens is 1. The van der Waals surface area contributed by atoms with Crippen LogP contribution in [0.4, 0.5) is 10.5 Å². The van der Waals surface area contributed by atoms with Gasteiger partial charge in [0.15, 0.2) is 5.54 Å². The van der Waals surface area contributed by atoms with Gasteiger partial charge in [-0.25, -0.2) is 9.69 Å². The number of carbonyl (C=O) groups excluding carboxylic acids is 5. The molecule has 0 saturated carbocycles. The summed E-state index contributed by atoms with van der Waals surface area (Å²) in [5, 5.41) is 7.48. The molecule has 10 heteroatoms. The van der Waals surface area contributed by atoms with Crippen LogP contribution in [-0.2, 0) is 19.2 Å². The third kappa shape index (κ3) is 2.76. The summed E-state index contributed by atoms with van der Waals surface area (Å²) in [5.41, 5.74) is -1.71. The van der Waals surface area contributed by atoms with Gasteiger partial charge in [-0.05, 0) is 36.6 Å². The molecule has 1 spiro atoms. The lowest BCUT2D eigenvalue weighted by molar-refractivity contribution is -0.145. The Kier molecular flexibility index (Phi) is 4.47. The Morgan fingerprint density at radius 2 is 1.59 bits per heavy atom. The van der Waals surface area contributed by atoms with Crippen LogP contribution >= 0.6 is 11.6 Å². The molecule has 152 valence electrons. The number of carbonyl (C=O) groups is 5. The van der Waals surface area contributed by atoms with Gasteiger partial charge < -0.3 is 0 Å². The smallest absolute Gasteiger partial charge is 0.291 e. The van der Waals surface area contributed by atoms with Crippen LogP contribution in [0.3, 0.4) is 0 Å². The van der Waals surface area contributed by atoms with Gasteiger partial charge in [0.25, 0.3) is 11.8 Å². The van der Waals surface area contributed by atoms with Gasteiger partial charge in [-0.3, -0.25) is 35.1 Å². The van der Waals surface area contributed by atoms with Crippen molar-refractivity contribution in [3.05, 3.63) is 29.3 Å². The lowest BCUT2D eigenvalue weighted by Crippen LogP contribution is -2.74. The van der Waals surface area contributed by atoms with Crippen LogP contribution in [0.15, 0.2) is 24.3 Å². The monoisotopic (exact) mass is 418 g/mol. The Morgan fingerprint density at radius 1 is 1.00 bits per heavy atom. The van der Waals surface area contributed by atoms with E-state index in [1.54, 1.807) is 12.1 Å². The molecule has 0 aliphatic carbocycles. The van der Waals surface area contributed by atoms with Gasteiger partial charge in [0, 0.05) is 11.1 Å². The molecule has 3 aliphatic rings. The number of amides is 6. The molecule has 3 aliphatic heterocycles. The van der Waals surface area contributed by atoms with Crippen LogP contribution in [0.25, 0.3) is 0 Å². The van der Waals surface area contributed by atoms with Crippen LogP contribution in [-0.4, -0.2) is 41.2 Å². The van der Waals surface area contributed by atoms with E-state index in [1.165, 1.54) is 12.1 Å². The summed E-state index contributed by atoms with van der Waals surface area (Å²) in [4.78, 5) is 64.8. The number of benzene rings is 1. The Hall–Kier alpha value is -2.78. The molecule has 6 amide bonds. The lowest BCUT2D eigenvalue weighted by atomic mass is 9.77. The van der Waals surface area contributed by atoms with Crippen molar-refractivity contribution in [2.45, 2.75) is 31.8 Å². The third-order valence-corrected chi connectivity index (χ3v) is 5.90. The minimum Gasteiger partial charge on any atom is -0.291 e. The first-order chi connectivity index (χ1) is 13.7. The fourth-order valence-electron chi connectivity index (χ4n) is 4.53. The maximum absolute atomic E-state index is 13.3. The average Bonchev–Trinajstić information content (AvgIpc) is 3.09. The highest BCUT2D eigenvalue weighted by molar-refractivity contribution is 6.32. The van der Waals surface area contributed by atoms with E-state index in [-0.39, 0.29) is 5.92 Å². The predicted molar refractivity (Wildman–Crippen MR) is 102 cm³/mol. The number of rotatable bonds is 3. The zero-order valence-electron chi connectivity index (χ0n) is 15.7. The minimum atomic E-state index is -2.02. The molecule has 0 bridgehead atoms. The normalized spacial score (nSPS) is 28.2. The second-order valence-corrected chi connectivity index (χ2v) is 8.35. The summed E-state index contributed by atoms with van der Waals surface area (Å²) in [6.45, 7) is 3.87. The van der Waals surface area contributed by atoms with Crippen molar-refractivity contribution in [1.82, 2.24) is 16.0 Å². The van der Waals surface area contributed by atoms with Gasteiger partial charge in [-0.2, -0.15) is 0 Å². The molecule has 3 N–H and O–H groups in total. The van der Waals surface area contributed by atoms with E-state index in [4.69, 9.17) is 11.6 Å². The Bertz CT molecular complexity index is 924. The second-order valence-electron chi connectivity index (χ2n) is 7.92. The molecule has 1 aromatic rings. The largest absolute Gasteiger partial charge is 0.328 e. The number of anilines is 1. The Labute approximate surface area is 171 Å². The first-order valence-electron chi connectivity index (χ1n) is 9.24. The van der Waals surface area contributed by atoms with Gasteiger partial charge in [-0.15, -0.1) is 0 Å². The van der Waals surface area contributed by atoms with E-state index in [2.05, 4.69) is 16.0 Å². The van der Waals surface area contributed by atoms with Crippen molar-refractivity contribution in [3.63, 3.8) is 0 Å². The van der Waals surface area contributed by atoms with Gasteiger partial charge in [0.05, 0.1) is 17.5 Å². The Balaban J connectivity index is 1.82. The topological polar surface area (TPSA) is 125 Å². The molecule has 9 nitrogen and oxygen atoms in total. The molecule has 1 aromatic carbocycles. The predicted octanol–water partition coefficient (Wildman–Crippen LogP) is 0.568. The van der Waals surface area contributed by atoms with Crippen LogP contribution in [0, 0.1) is 17.8 Å². The van der Waals surface area contributed by atoms with Crippen LogP contribution < -0.4 is 20.9 Å². The minimum absolute atomic E-state index is 0.132.